The Labute approximate surface area is 125 Å². The number of aromatic amines is 1. The van der Waals surface area contributed by atoms with Gasteiger partial charge in [0.2, 0.25) is 0 Å². The molecule has 108 valence electrons. The van der Waals surface area contributed by atoms with Gasteiger partial charge in [-0.2, -0.15) is 5.10 Å². The Bertz CT molecular complexity index is 580. The second-order valence-corrected chi connectivity index (χ2v) is 6.54. The number of halogens is 2. The number of aromatic nitrogens is 2. The number of nitrogens with one attached hydrogen (secondary N) is 2. The van der Waals surface area contributed by atoms with Crippen LogP contribution in [-0.2, 0) is 11.3 Å². The van der Waals surface area contributed by atoms with Crippen molar-refractivity contribution in [3.05, 3.63) is 32.9 Å². The van der Waals surface area contributed by atoms with Crippen LogP contribution in [0, 0.1) is 5.82 Å². The molecule has 2 aromatic heterocycles. The highest BCUT2D eigenvalue weighted by atomic mass is 35.5. The van der Waals surface area contributed by atoms with Gasteiger partial charge in [-0.05, 0) is 25.0 Å². The average molecular weight is 316 g/mol. The molecule has 1 saturated heterocycles. The molecule has 0 aliphatic carbocycles. The Morgan fingerprint density at radius 2 is 2.25 bits per heavy atom. The molecule has 0 saturated carbocycles. The van der Waals surface area contributed by atoms with Crippen molar-refractivity contribution in [3.63, 3.8) is 0 Å². The van der Waals surface area contributed by atoms with E-state index in [0.29, 0.717) is 31.3 Å². The van der Waals surface area contributed by atoms with Crippen LogP contribution in [0.3, 0.4) is 0 Å². The average Bonchev–Trinajstić information content (AvgIpc) is 3.04. The second-order valence-electron chi connectivity index (χ2n) is 4.74. The van der Waals surface area contributed by atoms with E-state index < -0.39 is 0 Å². The minimum atomic E-state index is -0.278. The largest absolute Gasteiger partial charge is 0.381 e. The zero-order chi connectivity index (χ0) is 13.9. The molecule has 20 heavy (non-hydrogen) atoms. The maximum Gasteiger partial charge on any atom is 0.188 e. The van der Waals surface area contributed by atoms with Crippen molar-refractivity contribution in [2.45, 2.75) is 25.3 Å². The predicted octanol–water partition coefficient (Wildman–Crippen LogP) is 3.77. The smallest absolute Gasteiger partial charge is 0.188 e. The first-order chi connectivity index (χ1) is 9.74. The molecule has 0 amide bonds. The van der Waals surface area contributed by atoms with Crippen LogP contribution in [0.1, 0.15) is 29.3 Å². The summed E-state index contributed by atoms with van der Waals surface area (Å²) >= 11 is 7.34. The van der Waals surface area contributed by atoms with Gasteiger partial charge in [0.15, 0.2) is 11.6 Å². The first-order valence-corrected chi connectivity index (χ1v) is 7.73. The van der Waals surface area contributed by atoms with Gasteiger partial charge in [-0.15, -0.1) is 11.3 Å². The fourth-order valence-electron chi connectivity index (χ4n) is 2.32. The number of hydrogen-bond acceptors (Lipinski definition) is 4. The molecule has 4 nitrogen and oxygen atoms in total. The minimum absolute atomic E-state index is 0.145. The Morgan fingerprint density at radius 1 is 1.45 bits per heavy atom. The molecule has 3 heterocycles. The molecule has 0 unspecified atom stereocenters. The van der Waals surface area contributed by atoms with E-state index in [9.17, 15) is 4.39 Å². The number of anilines is 1. The maximum absolute atomic E-state index is 14.3. The van der Waals surface area contributed by atoms with Gasteiger partial charge < -0.3 is 10.1 Å². The summed E-state index contributed by atoms with van der Waals surface area (Å²) < 4.78 is 20.3. The molecule has 0 bridgehead atoms. The first kappa shape index (κ1) is 13.9. The van der Waals surface area contributed by atoms with Gasteiger partial charge in [0.05, 0.1) is 10.9 Å². The lowest BCUT2D eigenvalue weighted by atomic mass is 9.96. The second kappa shape index (κ2) is 6.11. The molecule has 3 rings (SSSR count). The molecule has 2 N–H and O–H groups in total. The van der Waals surface area contributed by atoms with Gasteiger partial charge in [-0.1, -0.05) is 11.6 Å². The summed E-state index contributed by atoms with van der Waals surface area (Å²) in [6, 6.07) is 3.76. The predicted molar refractivity (Wildman–Crippen MR) is 78.0 cm³/mol. The van der Waals surface area contributed by atoms with E-state index in [4.69, 9.17) is 16.3 Å². The summed E-state index contributed by atoms with van der Waals surface area (Å²) in [4.78, 5) is 1.05. The third kappa shape index (κ3) is 2.97. The summed E-state index contributed by atoms with van der Waals surface area (Å²) in [5.74, 6) is 0.210. The number of ether oxygens (including phenoxy) is 1. The molecule has 0 aromatic carbocycles. The molecule has 1 aliphatic rings. The van der Waals surface area contributed by atoms with E-state index in [1.807, 2.05) is 12.1 Å². The fraction of sp³-hybridized carbons (Fsp3) is 0.462. The van der Waals surface area contributed by atoms with Crippen molar-refractivity contribution in [1.29, 1.82) is 0 Å². The quantitative estimate of drug-likeness (QED) is 0.903. The Morgan fingerprint density at radius 3 is 2.95 bits per heavy atom. The molecule has 1 fully saturated rings. The molecule has 0 atom stereocenters. The summed E-state index contributed by atoms with van der Waals surface area (Å²) in [7, 11) is 0. The highest BCUT2D eigenvalue weighted by Crippen LogP contribution is 2.30. The van der Waals surface area contributed by atoms with Crippen molar-refractivity contribution < 1.29 is 9.13 Å². The fourth-order valence-corrected chi connectivity index (χ4v) is 3.35. The maximum atomic E-state index is 14.3. The normalized spacial score (nSPS) is 16.5. The zero-order valence-electron chi connectivity index (χ0n) is 10.8. The Hall–Kier alpha value is -1.11. The molecular weight excluding hydrogens is 301 g/mol. The van der Waals surface area contributed by atoms with Crippen LogP contribution in [-0.4, -0.2) is 23.4 Å². The lowest BCUT2D eigenvalue weighted by Gasteiger charge is -2.19. The van der Waals surface area contributed by atoms with Crippen LogP contribution in [0.2, 0.25) is 4.34 Å². The van der Waals surface area contributed by atoms with Gasteiger partial charge >= 0.3 is 0 Å². The van der Waals surface area contributed by atoms with Crippen LogP contribution in [0.25, 0.3) is 0 Å². The van der Waals surface area contributed by atoms with Crippen molar-refractivity contribution in [3.8, 4) is 0 Å². The minimum Gasteiger partial charge on any atom is -0.381 e. The number of thiophene rings is 1. The lowest BCUT2D eigenvalue weighted by Crippen LogP contribution is -2.15. The van der Waals surface area contributed by atoms with Crippen molar-refractivity contribution in [2.24, 2.45) is 0 Å². The number of rotatable bonds is 4. The third-order valence-electron chi connectivity index (χ3n) is 3.41. The Balaban J connectivity index is 1.66. The number of H-pyrrole nitrogens is 1. The molecular formula is C13H15ClFN3OS. The van der Waals surface area contributed by atoms with Crippen LogP contribution in [0.4, 0.5) is 10.2 Å². The Kier molecular flexibility index (Phi) is 4.24. The SMILES string of the molecule is Fc1c(C2CCOCC2)n[nH]c1NCc1ccc(Cl)s1. The van der Waals surface area contributed by atoms with Crippen LogP contribution < -0.4 is 5.32 Å². The van der Waals surface area contributed by atoms with E-state index in [0.717, 1.165) is 22.1 Å². The molecule has 7 heteroatoms. The van der Waals surface area contributed by atoms with Gasteiger partial charge in [-0.25, -0.2) is 4.39 Å². The highest BCUT2D eigenvalue weighted by molar-refractivity contribution is 7.16. The molecule has 2 aromatic rings. The van der Waals surface area contributed by atoms with E-state index in [2.05, 4.69) is 15.5 Å². The number of hydrogen-bond donors (Lipinski definition) is 2. The van der Waals surface area contributed by atoms with E-state index in [1.165, 1.54) is 11.3 Å². The summed E-state index contributed by atoms with van der Waals surface area (Å²) in [5.41, 5.74) is 0.514. The summed E-state index contributed by atoms with van der Waals surface area (Å²) in [6.45, 7) is 1.88. The van der Waals surface area contributed by atoms with Gasteiger partial charge in [0, 0.05) is 24.0 Å². The van der Waals surface area contributed by atoms with Gasteiger partial charge in [0.1, 0.15) is 5.69 Å². The van der Waals surface area contributed by atoms with Crippen molar-refractivity contribution in [2.75, 3.05) is 18.5 Å². The highest BCUT2D eigenvalue weighted by Gasteiger charge is 2.24. The van der Waals surface area contributed by atoms with Gasteiger partial charge in [0.25, 0.3) is 0 Å². The topological polar surface area (TPSA) is 49.9 Å². The summed E-state index contributed by atoms with van der Waals surface area (Å²) in [5, 5.41) is 9.89. The lowest BCUT2D eigenvalue weighted by molar-refractivity contribution is 0.0838. The van der Waals surface area contributed by atoms with Crippen LogP contribution in [0.5, 0.6) is 0 Å². The molecule has 0 spiro atoms. The first-order valence-electron chi connectivity index (χ1n) is 6.53. The molecule has 0 radical (unpaired) electrons. The standard InChI is InChI=1S/C13H15ClFN3OS/c14-10-2-1-9(20-10)7-16-13-11(15)12(17-18-13)8-3-5-19-6-4-8/h1-2,8H,3-7H2,(H2,16,17,18). The molecule has 1 aliphatic heterocycles. The van der Waals surface area contributed by atoms with E-state index in [1.54, 1.807) is 0 Å². The third-order valence-corrected chi connectivity index (χ3v) is 4.64. The monoisotopic (exact) mass is 315 g/mol. The van der Waals surface area contributed by atoms with Crippen molar-refractivity contribution in [1.82, 2.24) is 10.2 Å². The zero-order valence-corrected chi connectivity index (χ0v) is 12.4. The van der Waals surface area contributed by atoms with E-state index in [-0.39, 0.29) is 11.7 Å². The number of nitrogens with zero attached hydrogens (tertiary/aromatic N) is 1. The summed E-state index contributed by atoms with van der Waals surface area (Å²) in [6.07, 6.45) is 1.64. The van der Waals surface area contributed by atoms with Crippen LogP contribution >= 0.6 is 22.9 Å². The van der Waals surface area contributed by atoms with E-state index >= 15 is 0 Å². The van der Waals surface area contributed by atoms with Gasteiger partial charge in [-0.3, -0.25) is 5.10 Å². The van der Waals surface area contributed by atoms with Crippen LogP contribution in [0.15, 0.2) is 12.1 Å². The van der Waals surface area contributed by atoms with Crippen molar-refractivity contribution >= 4 is 28.8 Å².